The average molecular weight is 416 g/mol. The number of nitrogens with zero attached hydrogens (tertiary/aromatic N) is 3. The summed E-state index contributed by atoms with van der Waals surface area (Å²) in [4.78, 5) is 17.6. The highest BCUT2D eigenvalue weighted by molar-refractivity contribution is 7.90. The number of amidine groups is 1. The zero-order valence-corrected chi connectivity index (χ0v) is 17.6. The minimum Gasteiger partial charge on any atom is -0.355 e. The highest BCUT2D eigenvalue weighted by Gasteiger charge is 2.38. The standard InChI is InChI=1S/C22H29N3O3S/c26-22(25-14-9-16-5-1-2-6-18(16)15-25)17-10-12-24(13-11-17)21-19-7-3-4-8-20(19)29(27,28)23-21/h3-4,7-8,16-18H,1-2,5-6,9-15H2/t16-,18+/m1/s1. The number of fused-ring (bicyclic) bond motifs is 2. The maximum absolute atomic E-state index is 13.1. The van der Waals surface area contributed by atoms with Gasteiger partial charge in [-0.1, -0.05) is 31.4 Å². The summed E-state index contributed by atoms with van der Waals surface area (Å²) in [7, 11) is -3.59. The van der Waals surface area contributed by atoms with Gasteiger partial charge in [-0.15, -0.1) is 4.40 Å². The number of amides is 1. The predicted molar refractivity (Wildman–Crippen MR) is 111 cm³/mol. The predicted octanol–water partition coefficient (Wildman–Crippen LogP) is 2.89. The molecule has 0 aromatic heterocycles. The van der Waals surface area contributed by atoms with Gasteiger partial charge < -0.3 is 9.80 Å². The molecule has 6 nitrogen and oxygen atoms in total. The van der Waals surface area contributed by atoms with Crippen molar-refractivity contribution in [2.75, 3.05) is 26.2 Å². The molecule has 0 spiro atoms. The van der Waals surface area contributed by atoms with Crippen LogP contribution in [0.1, 0.15) is 50.5 Å². The zero-order chi connectivity index (χ0) is 20.0. The van der Waals surface area contributed by atoms with Gasteiger partial charge in [-0.3, -0.25) is 4.79 Å². The molecule has 0 bridgehead atoms. The van der Waals surface area contributed by atoms with Crippen LogP contribution in [0, 0.1) is 17.8 Å². The number of carbonyl (C=O) groups is 1. The summed E-state index contributed by atoms with van der Waals surface area (Å²) in [6, 6.07) is 7.02. The minimum absolute atomic E-state index is 0.0558. The number of carbonyl (C=O) groups excluding carboxylic acids is 1. The molecule has 3 heterocycles. The summed E-state index contributed by atoms with van der Waals surface area (Å²) in [6.07, 6.45) is 8.00. The van der Waals surface area contributed by atoms with E-state index in [-0.39, 0.29) is 5.92 Å². The Bertz CT molecular complexity index is 934. The fourth-order valence-electron chi connectivity index (χ4n) is 5.71. The van der Waals surface area contributed by atoms with Crippen LogP contribution in [0.2, 0.25) is 0 Å². The number of sulfonamides is 1. The molecule has 1 aliphatic carbocycles. The molecular weight excluding hydrogens is 386 g/mol. The first-order valence-electron chi connectivity index (χ1n) is 11.0. The lowest BCUT2D eigenvalue weighted by atomic mass is 9.75. The van der Waals surface area contributed by atoms with E-state index in [0.717, 1.165) is 31.8 Å². The summed E-state index contributed by atoms with van der Waals surface area (Å²) >= 11 is 0. The van der Waals surface area contributed by atoms with Crippen LogP contribution in [0.25, 0.3) is 0 Å². The van der Waals surface area contributed by atoms with Crippen LogP contribution < -0.4 is 0 Å². The van der Waals surface area contributed by atoms with E-state index in [2.05, 4.69) is 9.30 Å². The van der Waals surface area contributed by atoms with Crippen molar-refractivity contribution >= 4 is 21.8 Å². The Labute approximate surface area is 173 Å². The van der Waals surface area contributed by atoms with Gasteiger partial charge in [0.25, 0.3) is 10.0 Å². The lowest BCUT2D eigenvalue weighted by Crippen LogP contribution is -2.49. The van der Waals surface area contributed by atoms with Gasteiger partial charge in [0.2, 0.25) is 5.91 Å². The molecular formula is C22H29N3O3S. The Morgan fingerprint density at radius 1 is 0.931 bits per heavy atom. The second kappa shape index (κ2) is 7.42. The molecule has 2 atom stereocenters. The molecule has 1 aromatic carbocycles. The third kappa shape index (κ3) is 3.47. The Balaban J connectivity index is 1.23. The van der Waals surface area contributed by atoms with E-state index in [9.17, 15) is 13.2 Å². The van der Waals surface area contributed by atoms with Gasteiger partial charge in [0.15, 0.2) is 5.84 Å². The molecule has 5 rings (SSSR count). The van der Waals surface area contributed by atoms with E-state index in [4.69, 9.17) is 0 Å². The molecule has 4 aliphatic rings. The Morgan fingerprint density at radius 2 is 1.66 bits per heavy atom. The molecule has 0 N–H and O–H groups in total. The van der Waals surface area contributed by atoms with Crippen molar-refractivity contribution in [2.45, 2.75) is 49.8 Å². The first kappa shape index (κ1) is 19.1. The molecule has 0 unspecified atom stereocenters. The van der Waals surface area contributed by atoms with Crippen LogP contribution in [0.3, 0.4) is 0 Å². The van der Waals surface area contributed by atoms with E-state index in [1.807, 2.05) is 17.0 Å². The number of benzene rings is 1. The first-order chi connectivity index (χ1) is 14.0. The lowest BCUT2D eigenvalue weighted by molar-refractivity contribution is -0.140. The molecule has 0 radical (unpaired) electrons. The third-order valence-corrected chi connectivity index (χ3v) is 8.68. The summed E-state index contributed by atoms with van der Waals surface area (Å²) in [6.45, 7) is 3.22. The SMILES string of the molecule is O=C(C1CCN(C2=NS(=O)(=O)c3ccccc32)CC1)N1CC[C@H]2CCCC[C@H]2C1. The van der Waals surface area contributed by atoms with Gasteiger partial charge in [-0.2, -0.15) is 8.42 Å². The molecule has 2 saturated heterocycles. The molecule has 1 amide bonds. The smallest absolute Gasteiger partial charge is 0.285 e. The lowest BCUT2D eigenvalue weighted by Gasteiger charge is -2.43. The fraction of sp³-hybridized carbons (Fsp3) is 0.636. The van der Waals surface area contributed by atoms with Crippen molar-refractivity contribution in [3.63, 3.8) is 0 Å². The largest absolute Gasteiger partial charge is 0.355 e. The van der Waals surface area contributed by atoms with E-state index in [1.54, 1.807) is 12.1 Å². The first-order valence-corrected chi connectivity index (χ1v) is 12.4. The van der Waals surface area contributed by atoms with Crippen molar-refractivity contribution in [1.29, 1.82) is 0 Å². The fourth-order valence-corrected chi connectivity index (χ4v) is 6.94. The van der Waals surface area contributed by atoms with Gasteiger partial charge in [0, 0.05) is 37.7 Å². The van der Waals surface area contributed by atoms with E-state index < -0.39 is 10.0 Å². The summed E-state index contributed by atoms with van der Waals surface area (Å²) in [5.74, 6) is 2.46. The summed E-state index contributed by atoms with van der Waals surface area (Å²) in [5.41, 5.74) is 0.691. The number of piperidine rings is 2. The summed E-state index contributed by atoms with van der Waals surface area (Å²) in [5, 5.41) is 0. The van der Waals surface area contributed by atoms with Crippen LogP contribution in [0.4, 0.5) is 0 Å². The highest BCUT2D eigenvalue weighted by Crippen LogP contribution is 2.37. The second-order valence-electron chi connectivity index (χ2n) is 9.02. The number of hydrogen-bond donors (Lipinski definition) is 0. The van der Waals surface area contributed by atoms with Gasteiger partial charge in [0.1, 0.15) is 4.90 Å². The van der Waals surface area contributed by atoms with Crippen LogP contribution in [0.15, 0.2) is 33.6 Å². The average Bonchev–Trinajstić information content (AvgIpc) is 3.04. The highest BCUT2D eigenvalue weighted by atomic mass is 32.2. The molecule has 29 heavy (non-hydrogen) atoms. The van der Waals surface area contributed by atoms with Crippen LogP contribution in [0.5, 0.6) is 0 Å². The van der Waals surface area contributed by atoms with E-state index in [1.165, 1.54) is 32.1 Å². The molecule has 156 valence electrons. The monoisotopic (exact) mass is 415 g/mol. The van der Waals surface area contributed by atoms with Crippen LogP contribution in [-0.4, -0.2) is 56.1 Å². The van der Waals surface area contributed by atoms with Crippen LogP contribution >= 0.6 is 0 Å². The normalized spacial score (nSPS) is 29.2. The molecule has 7 heteroatoms. The van der Waals surface area contributed by atoms with Crippen LogP contribution in [-0.2, 0) is 14.8 Å². The molecule has 1 saturated carbocycles. The van der Waals surface area contributed by atoms with E-state index >= 15 is 0 Å². The van der Waals surface area contributed by atoms with Crippen molar-refractivity contribution in [3.05, 3.63) is 29.8 Å². The quantitative estimate of drug-likeness (QED) is 0.707. The van der Waals surface area contributed by atoms with Gasteiger partial charge in [0.05, 0.1) is 0 Å². The van der Waals surface area contributed by atoms with E-state index in [0.29, 0.717) is 41.2 Å². The maximum atomic E-state index is 13.1. The Morgan fingerprint density at radius 3 is 2.45 bits per heavy atom. The van der Waals surface area contributed by atoms with Gasteiger partial charge in [-0.25, -0.2) is 0 Å². The van der Waals surface area contributed by atoms with Gasteiger partial charge >= 0.3 is 0 Å². The molecule has 1 aromatic rings. The minimum atomic E-state index is -3.59. The molecule has 3 aliphatic heterocycles. The Hall–Kier alpha value is -1.89. The topological polar surface area (TPSA) is 70.0 Å². The second-order valence-corrected chi connectivity index (χ2v) is 10.6. The van der Waals surface area contributed by atoms with Crippen molar-refractivity contribution in [2.24, 2.45) is 22.2 Å². The zero-order valence-electron chi connectivity index (χ0n) is 16.8. The number of likely N-dealkylation sites (tertiary alicyclic amines) is 2. The number of hydrogen-bond acceptors (Lipinski definition) is 4. The van der Waals surface area contributed by atoms with Crippen molar-refractivity contribution < 1.29 is 13.2 Å². The summed E-state index contributed by atoms with van der Waals surface area (Å²) < 4.78 is 28.7. The van der Waals surface area contributed by atoms with Crippen molar-refractivity contribution in [3.8, 4) is 0 Å². The maximum Gasteiger partial charge on any atom is 0.285 e. The Kier molecular flexibility index (Phi) is 4.88. The number of rotatable bonds is 1. The molecule has 3 fully saturated rings. The third-order valence-electron chi connectivity index (χ3n) is 7.36. The van der Waals surface area contributed by atoms with Gasteiger partial charge in [-0.05, 0) is 49.7 Å². The van der Waals surface area contributed by atoms with Crippen molar-refractivity contribution in [1.82, 2.24) is 9.80 Å².